The molecular weight excluding hydrogens is 264 g/mol. The van der Waals surface area contributed by atoms with Crippen molar-refractivity contribution >= 4 is 23.3 Å². The first kappa shape index (κ1) is 13.5. The first-order valence-corrected chi connectivity index (χ1v) is 6.84. The maximum Gasteiger partial charge on any atom is 0.322 e. The molecule has 0 aromatic carbocycles. The maximum atomic E-state index is 11.7. The number of hydrogen-bond donors (Lipinski definition) is 2. The molecule has 0 bridgehead atoms. The molecule has 8 heteroatoms. The van der Waals surface area contributed by atoms with E-state index in [1.807, 2.05) is 12.3 Å². The molecule has 0 aliphatic rings. The number of hydrogen-bond acceptors (Lipinski definition) is 5. The monoisotopic (exact) mass is 280 g/mol. The van der Waals surface area contributed by atoms with Crippen molar-refractivity contribution in [2.75, 3.05) is 5.32 Å². The van der Waals surface area contributed by atoms with Gasteiger partial charge in [-0.1, -0.05) is 6.92 Å². The SMILES string of the molecule is CCc1nc([C@H](C)NC(=O)Nc2ncn(C)n2)cs1. The van der Waals surface area contributed by atoms with Crippen LogP contribution in [0.4, 0.5) is 10.7 Å². The van der Waals surface area contributed by atoms with Gasteiger partial charge in [0.15, 0.2) is 0 Å². The van der Waals surface area contributed by atoms with Gasteiger partial charge in [-0.3, -0.25) is 10.00 Å². The van der Waals surface area contributed by atoms with Crippen LogP contribution in [0.15, 0.2) is 11.7 Å². The van der Waals surface area contributed by atoms with Crippen LogP contribution in [-0.4, -0.2) is 25.8 Å². The van der Waals surface area contributed by atoms with Crippen molar-refractivity contribution in [3.05, 3.63) is 22.4 Å². The van der Waals surface area contributed by atoms with Gasteiger partial charge < -0.3 is 5.32 Å². The molecule has 1 atom stereocenters. The van der Waals surface area contributed by atoms with Crippen LogP contribution < -0.4 is 10.6 Å². The summed E-state index contributed by atoms with van der Waals surface area (Å²) in [5.41, 5.74) is 0.867. The van der Waals surface area contributed by atoms with Crippen molar-refractivity contribution in [1.82, 2.24) is 25.1 Å². The Kier molecular flexibility index (Phi) is 4.10. The van der Waals surface area contributed by atoms with Crippen LogP contribution in [0.1, 0.15) is 30.6 Å². The van der Waals surface area contributed by atoms with Gasteiger partial charge in [0.25, 0.3) is 0 Å². The number of amides is 2. The zero-order valence-corrected chi connectivity index (χ0v) is 11.9. The smallest absolute Gasteiger partial charge is 0.322 e. The van der Waals surface area contributed by atoms with Crippen LogP contribution in [0.2, 0.25) is 0 Å². The molecule has 2 amide bonds. The van der Waals surface area contributed by atoms with Gasteiger partial charge in [0.2, 0.25) is 5.95 Å². The molecule has 0 aliphatic carbocycles. The molecular formula is C11H16N6OS. The molecule has 0 radical (unpaired) electrons. The summed E-state index contributed by atoms with van der Waals surface area (Å²) in [6, 6.07) is -0.495. The average molecular weight is 280 g/mol. The largest absolute Gasteiger partial charge is 0.330 e. The van der Waals surface area contributed by atoms with Crippen LogP contribution in [-0.2, 0) is 13.5 Å². The normalized spacial score (nSPS) is 12.2. The summed E-state index contributed by atoms with van der Waals surface area (Å²) in [5, 5.41) is 12.4. The summed E-state index contributed by atoms with van der Waals surface area (Å²) in [6.45, 7) is 3.94. The van der Waals surface area contributed by atoms with Crippen LogP contribution >= 0.6 is 11.3 Å². The van der Waals surface area contributed by atoms with Gasteiger partial charge in [0, 0.05) is 12.4 Å². The number of nitrogens with zero attached hydrogens (tertiary/aromatic N) is 4. The number of nitrogens with one attached hydrogen (secondary N) is 2. The number of thiazole rings is 1. The summed E-state index contributed by atoms with van der Waals surface area (Å²) in [6.07, 6.45) is 2.43. The number of aryl methyl sites for hydroxylation is 2. The Morgan fingerprint density at radius 1 is 1.58 bits per heavy atom. The molecule has 0 saturated heterocycles. The number of carbonyl (C=O) groups is 1. The Bertz CT molecular complexity index is 563. The molecule has 2 N–H and O–H groups in total. The zero-order valence-electron chi connectivity index (χ0n) is 11.0. The first-order valence-electron chi connectivity index (χ1n) is 5.96. The van der Waals surface area contributed by atoms with Crippen molar-refractivity contribution in [1.29, 1.82) is 0 Å². The molecule has 19 heavy (non-hydrogen) atoms. The van der Waals surface area contributed by atoms with Crippen molar-refractivity contribution < 1.29 is 4.79 Å². The van der Waals surface area contributed by atoms with Crippen LogP contribution in [0.3, 0.4) is 0 Å². The molecule has 102 valence electrons. The molecule has 0 aliphatic heterocycles. The topological polar surface area (TPSA) is 84.7 Å². The van der Waals surface area contributed by atoms with Gasteiger partial charge in [0.05, 0.1) is 16.7 Å². The number of aromatic nitrogens is 4. The summed E-state index contributed by atoms with van der Waals surface area (Å²) >= 11 is 1.60. The van der Waals surface area contributed by atoms with E-state index in [1.165, 1.54) is 11.0 Å². The first-order chi connectivity index (χ1) is 9.08. The van der Waals surface area contributed by atoms with E-state index in [9.17, 15) is 4.79 Å². The standard InChI is InChI=1S/C11H16N6OS/c1-4-9-14-8(5-19-9)7(2)13-11(18)15-10-12-6-17(3)16-10/h5-7H,4H2,1-3H3,(H2,13,15,16,18)/t7-/m0/s1. The van der Waals surface area contributed by atoms with Gasteiger partial charge in [-0.2, -0.15) is 0 Å². The van der Waals surface area contributed by atoms with Crippen LogP contribution in [0.5, 0.6) is 0 Å². The number of urea groups is 1. The maximum absolute atomic E-state index is 11.7. The Morgan fingerprint density at radius 2 is 2.37 bits per heavy atom. The lowest BCUT2D eigenvalue weighted by molar-refractivity contribution is 0.249. The second kappa shape index (κ2) is 5.79. The summed E-state index contributed by atoms with van der Waals surface area (Å²) in [4.78, 5) is 20.1. The highest BCUT2D eigenvalue weighted by atomic mass is 32.1. The third kappa shape index (κ3) is 3.50. The lowest BCUT2D eigenvalue weighted by atomic mass is 10.3. The van der Waals surface area contributed by atoms with E-state index < -0.39 is 0 Å². The van der Waals surface area contributed by atoms with Gasteiger partial charge in [-0.15, -0.1) is 16.4 Å². The Hall–Kier alpha value is -1.96. The average Bonchev–Trinajstić information content (AvgIpc) is 2.98. The van der Waals surface area contributed by atoms with Crippen molar-refractivity contribution in [3.63, 3.8) is 0 Å². The number of carbonyl (C=O) groups excluding carboxylic acids is 1. The van der Waals surface area contributed by atoms with E-state index >= 15 is 0 Å². The Morgan fingerprint density at radius 3 is 2.95 bits per heavy atom. The zero-order chi connectivity index (χ0) is 13.8. The summed E-state index contributed by atoms with van der Waals surface area (Å²) in [7, 11) is 1.74. The highest BCUT2D eigenvalue weighted by molar-refractivity contribution is 7.09. The van der Waals surface area contributed by atoms with Crippen molar-refractivity contribution in [2.45, 2.75) is 26.3 Å². The van der Waals surface area contributed by atoms with E-state index in [0.29, 0.717) is 0 Å². The number of anilines is 1. The van der Waals surface area contributed by atoms with Crippen LogP contribution in [0.25, 0.3) is 0 Å². The Labute approximate surface area is 115 Å². The van der Waals surface area contributed by atoms with E-state index in [-0.39, 0.29) is 18.0 Å². The lowest BCUT2D eigenvalue weighted by Gasteiger charge is -2.11. The highest BCUT2D eigenvalue weighted by Gasteiger charge is 2.13. The van der Waals surface area contributed by atoms with Crippen molar-refractivity contribution in [2.24, 2.45) is 7.05 Å². The molecule has 2 aromatic heterocycles. The minimum absolute atomic E-state index is 0.153. The molecule has 0 fully saturated rings. The molecule has 0 unspecified atom stereocenters. The highest BCUT2D eigenvalue weighted by Crippen LogP contribution is 2.16. The molecule has 2 rings (SSSR count). The molecule has 7 nitrogen and oxygen atoms in total. The summed E-state index contributed by atoms with van der Waals surface area (Å²) < 4.78 is 1.52. The second-order valence-corrected chi connectivity index (χ2v) is 5.02. The van der Waals surface area contributed by atoms with Gasteiger partial charge >= 0.3 is 6.03 Å². The predicted octanol–water partition coefficient (Wildman–Crippen LogP) is 1.72. The lowest BCUT2D eigenvalue weighted by Crippen LogP contribution is -2.31. The van der Waals surface area contributed by atoms with Gasteiger partial charge in [0.1, 0.15) is 6.33 Å². The van der Waals surface area contributed by atoms with Crippen LogP contribution in [0, 0.1) is 0 Å². The fraction of sp³-hybridized carbons (Fsp3) is 0.455. The van der Waals surface area contributed by atoms with E-state index in [2.05, 4.69) is 32.6 Å². The predicted molar refractivity (Wildman–Crippen MR) is 73.1 cm³/mol. The number of rotatable bonds is 4. The molecule has 2 aromatic rings. The van der Waals surface area contributed by atoms with E-state index in [0.717, 1.165) is 17.1 Å². The molecule has 0 spiro atoms. The molecule has 0 saturated carbocycles. The Balaban J connectivity index is 1.91. The van der Waals surface area contributed by atoms with E-state index in [1.54, 1.807) is 18.4 Å². The molecule has 2 heterocycles. The third-order valence-electron chi connectivity index (χ3n) is 2.49. The van der Waals surface area contributed by atoms with Gasteiger partial charge in [-0.25, -0.2) is 14.8 Å². The fourth-order valence-electron chi connectivity index (χ4n) is 1.49. The quantitative estimate of drug-likeness (QED) is 0.893. The fourth-order valence-corrected chi connectivity index (χ4v) is 2.33. The minimum Gasteiger partial charge on any atom is -0.330 e. The van der Waals surface area contributed by atoms with Gasteiger partial charge in [-0.05, 0) is 13.3 Å². The summed E-state index contributed by atoms with van der Waals surface area (Å²) in [5.74, 6) is 0.278. The van der Waals surface area contributed by atoms with E-state index in [4.69, 9.17) is 0 Å². The van der Waals surface area contributed by atoms with Crippen molar-refractivity contribution in [3.8, 4) is 0 Å². The third-order valence-corrected chi connectivity index (χ3v) is 3.50. The second-order valence-electron chi connectivity index (χ2n) is 4.08. The minimum atomic E-state index is -0.343.